The predicted octanol–water partition coefficient (Wildman–Crippen LogP) is 0.866. The molecule has 0 atom stereocenters. The molecule has 0 saturated carbocycles. The first kappa shape index (κ1) is 17.1. The zero-order valence-corrected chi connectivity index (χ0v) is 12.1. The number of rotatable bonds is 9. The van der Waals surface area contributed by atoms with Crippen LogP contribution < -0.4 is 16.4 Å². The molecule has 0 radical (unpaired) electrons. The number of amides is 2. The first-order valence-corrected chi connectivity index (χ1v) is 7.16. The van der Waals surface area contributed by atoms with Crippen molar-refractivity contribution in [3.63, 3.8) is 0 Å². The van der Waals surface area contributed by atoms with Gasteiger partial charge in [0.15, 0.2) is 0 Å². The Morgan fingerprint density at radius 2 is 1.81 bits per heavy atom. The molecular weight excluding hydrogens is 270 g/mol. The van der Waals surface area contributed by atoms with E-state index in [-0.39, 0.29) is 25.0 Å². The number of nitrogens with two attached hydrogens (primary N) is 1. The van der Waals surface area contributed by atoms with Gasteiger partial charge in [-0.05, 0) is 43.7 Å². The molecule has 0 fully saturated rings. The Kier molecular flexibility index (Phi) is 8.08. The monoisotopic (exact) mass is 293 g/mol. The van der Waals surface area contributed by atoms with Gasteiger partial charge in [-0.2, -0.15) is 0 Å². The standard InChI is InChI=1S/C15H23N3O3/c16-9-3-1-2-4-14(20)18-13-7-5-12(6-8-13)15(21)17-10-11-19/h5-8,19H,1-4,9-11,16H2,(H,17,21)(H,18,20). The Labute approximate surface area is 124 Å². The zero-order chi connectivity index (χ0) is 15.5. The molecule has 0 unspecified atom stereocenters. The van der Waals surface area contributed by atoms with E-state index < -0.39 is 0 Å². The minimum absolute atomic E-state index is 0.0375. The highest BCUT2D eigenvalue weighted by molar-refractivity contribution is 5.95. The quantitative estimate of drug-likeness (QED) is 0.507. The highest BCUT2D eigenvalue weighted by Gasteiger charge is 2.06. The molecule has 6 nitrogen and oxygen atoms in total. The predicted molar refractivity (Wildman–Crippen MR) is 82.0 cm³/mol. The molecule has 0 aromatic heterocycles. The van der Waals surface area contributed by atoms with Crippen LogP contribution in [0.2, 0.25) is 0 Å². The van der Waals surface area contributed by atoms with Crippen LogP contribution in [-0.4, -0.2) is 36.6 Å². The van der Waals surface area contributed by atoms with Crippen molar-refractivity contribution in [3.8, 4) is 0 Å². The van der Waals surface area contributed by atoms with Crippen LogP contribution in [0.5, 0.6) is 0 Å². The second kappa shape index (κ2) is 9.90. The molecule has 1 rings (SSSR count). The van der Waals surface area contributed by atoms with Crippen molar-refractivity contribution in [2.75, 3.05) is 25.0 Å². The van der Waals surface area contributed by atoms with Gasteiger partial charge in [0.25, 0.3) is 5.91 Å². The van der Waals surface area contributed by atoms with Crippen LogP contribution >= 0.6 is 0 Å². The van der Waals surface area contributed by atoms with Crippen molar-refractivity contribution < 1.29 is 14.7 Å². The number of carbonyl (C=O) groups excluding carboxylic acids is 2. The van der Waals surface area contributed by atoms with Crippen LogP contribution in [0.15, 0.2) is 24.3 Å². The molecule has 0 aliphatic heterocycles. The summed E-state index contributed by atoms with van der Waals surface area (Å²) < 4.78 is 0. The fourth-order valence-corrected chi connectivity index (χ4v) is 1.81. The number of carbonyl (C=O) groups is 2. The van der Waals surface area contributed by atoms with Crippen LogP contribution in [0.1, 0.15) is 36.0 Å². The van der Waals surface area contributed by atoms with Gasteiger partial charge in [0.2, 0.25) is 5.91 Å². The summed E-state index contributed by atoms with van der Waals surface area (Å²) in [6, 6.07) is 6.64. The Morgan fingerprint density at radius 1 is 1.10 bits per heavy atom. The summed E-state index contributed by atoms with van der Waals surface area (Å²) >= 11 is 0. The van der Waals surface area contributed by atoms with E-state index in [4.69, 9.17) is 10.8 Å². The molecule has 21 heavy (non-hydrogen) atoms. The molecule has 0 aliphatic rings. The minimum atomic E-state index is -0.247. The minimum Gasteiger partial charge on any atom is -0.395 e. The first-order valence-electron chi connectivity index (χ1n) is 7.16. The summed E-state index contributed by atoms with van der Waals surface area (Å²) in [5.74, 6) is -0.284. The number of benzene rings is 1. The lowest BCUT2D eigenvalue weighted by atomic mass is 10.1. The molecule has 0 aliphatic carbocycles. The van der Waals surface area contributed by atoms with Crippen molar-refractivity contribution in [3.05, 3.63) is 29.8 Å². The van der Waals surface area contributed by atoms with E-state index in [2.05, 4.69) is 10.6 Å². The Hall–Kier alpha value is -1.92. The van der Waals surface area contributed by atoms with E-state index >= 15 is 0 Å². The van der Waals surface area contributed by atoms with Crippen LogP contribution in [0.3, 0.4) is 0 Å². The van der Waals surface area contributed by atoms with E-state index in [1.165, 1.54) is 0 Å². The van der Waals surface area contributed by atoms with Crippen molar-refractivity contribution in [2.24, 2.45) is 5.73 Å². The van der Waals surface area contributed by atoms with Gasteiger partial charge in [0.1, 0.15) is 0 Å². The van der Waals surface area contributed by atoms with Gasteiger partial charge in [-0.15, -0.1) is 0 Å². The number of nitrogens with one attached hydrogen (secondary N) is 2. The number of hydrogen-bond donors (Lipinski definition) is 4. The van der Waals surface area contributed by atoms with E-state index in [9.17, 15) is 9.59 Å². The fourth-order valence-electron chi connectivity index (χ4n) is 1.81. The molecule has 2 amide bonds. The number of aliphatic hydroxyl groups is 1. The summed E-state index contributed by atoms with van der Waals surface area (Å²) in [5, 5.41) is 14.0. The SMILES string of the molecule is NCCCCCC(=O)Nc1ccc(C(=O)NCCO)cc1. The molecule has 1 aromatic carbocycles. The largest absolute Gasteiger partial charge is 0.395 e. The van der Waals surface area contributed by atoms with Gasteiger partial charge in [-0.3, -0.25) is 9.59 Å². The molecule has 0 heterocycles. The molecule has 0 saturated heterocycles. The zero-order valence-electron chi connectivity index (χ0n) is 12.1. The van der Waals surface area contributed by atoms with Gasteiger partial charge >= 0.3 is 0 Å². The Morgan fingerprint density at radius 3 is 2.43 bits per heavy atom. The smallest absolute Gasteiger partial charge is 0.251 e. The number of anilines is 1. The van der Waals surface area contributed by atoms with Gasteiger partial charge in [-0.1, -0.05) is 6.42 Å². The van der Waals surface area contributed by atoms with Gasteiger partial charge in [-0.25, -0.2) is 0 Å². The fraction of sp³-hybridized carbons (Fsp3) is 0.467. The van der Waals surface area contributed by atoms with Gasteiger partial charge in [0.05, 0.1) is 6.61 Å². The van der Waals surface area contributed by atoms with Crippen molar-refractivity contribution in [1.29, 1.82) is 0 Å². The highest BCUT2D eigenvalue weighted by Crippen LogP contribution is 2.10. The summed E-state index contributed by atoms with van der Waals surface area (Å²) in [4.78, 5) is 23.3. The van der Waals surface area contributed by atoms with Crippen molar-refractivity contribution in [1.82, 2.24) is 5.32 Å². The molecule has 0 spiro atoms. The number of aliphatic hydroxyl groups excluding tert-OH is 1. The van der Waals surface area contributed by atoms with Crippen LogP contribution in [0, 0.1) is 0 Å². The maximum absolute atomic E-state index is 11.7. The van der Waals surface area contributed by atoms with Gasteiger partial charge < -0.3 is 21.5 Å². The van der Waals surface area contributed by atoms with E-state index in [1.807, 2.05) is 0 Å². The lowest BCUT2D eigenvalue weighted by Crippen LogP contribution is -2.26. The van der Waals surface area contributed by atoms with E-state index in [0.29, 0.717) is 24.2 Å². The lowest BCUT2D eigenvalue weighted by Gasteiger charge is -2.07. The van der Waals surface area contributed by atoms with Crippen molar-refractivity contribution in [2.45, 2.75) is 25.7 Å². The molecule has 1 aromatic rings. The summed E-state index contributed by atoms with van der Waals surface area (Å²) in [6.07, 6.45) is 3.18. The molecule has 5 N–H and O–H groups in total. The Balaban J connectivity index is 2.39. The van der Waals surface area contributed by atoms with Crippen molar-refractivity contribution >= 4 is 17.5 Å². The van der Waals surface area contributed by atoms with E-state index in [1.54, 1.807) is 24.3 Å². The summed E-state index contributed by atoms with van der Waals surface area (Å²) in [7, 11) is 0. The third-order valence-electron chi connectivity index (χ3n) is 2.94. The average molecular weight is 293 g/mol. The second-order valence-electron chi connectivity index (χ2n) is 4.70. The molecule has 0 bridgehead atoms. The summed E-state index contributed by atoms with van der Waals surface area (Å²) in [6.45, 7) is 0.783. The average Bonchev–Trinajstić information content (AvgIpc) is 2.50. The number of hydrogen-bond acceptors (Lipinski definition) is 4. The normalized spacial score (nSPS) is 10.2. The molecular formula is C15H23N3O3. The Bertz CT molecular complexity index is 446. The number of unbranched alkanes of at least 4 members (excludes halogenated alkanes) is 2. The van der Waals surface area contributed by atoms with E-state index in [0.717, 1.165) is 19.3 Å². The molecule has 6 heteroatoms. The summed E-state index contributed by atoms with van der Waals surface area (Å²) in [5.41, 5.74) is 6.55. The highest BCUT2D eigenvalue weighted by atomic mass is 16.3. The van der Waals surface area contributed by atoms with Crippen LogP contribution in [-0.2, 0) is 4.79 Å². The van der Waals surface area contributed by atoms with Crippen LogP contribution in [0.25, 0.3) is 0 Å². The first-order chi connectivity index (χ1) is 10.2. The molecule has 116 valence electrons. The topological polar surface area (TPSA) is 104 Å². The second-order valence-corrected chi connectivity index (χ2v) is 4.70. The maximum atomic E-state index is 11.7. The van der Waals surface area contributed by atoms with Gasteiger partial charge in [0, 0.05) is 24.2 Å². The third-order valence-corrected chi connectivity index (χ3v) is 2.94. The maximum Gasteiger partial charge on any atom is 0.251 e. The van der Waals surface area contributed by atoms with Crippen LogP contribution in [0.4, 0.5) is 5.69 Å². The third kappa shape index (κ3) is 6.87. The lowest BCUT2D eigenvalue weighted by molar-refractivity contribution is -0.116.